The number of esters is 2. The Kier molecular flexibility index (Phi) is 24.0. The van der Waals surface area contributed by atoms with Gasteiger partial charge in [-0.3, -0.25) is 19.4 Å². The first-order valence-electron chi connectivity index (χ1n) is 26.3. The van der Waals surface area contributed by atoms with Crippen LogP contribution in [0, 0.1) is 31.6 Å². The van der Waals surface area contributed by atoms with Crippen LogP contribution in [0.15, 0.2) is 36.4 Å². The van der Waals surface area contributed by atoms with Crippen LogP contribution in [0.2, 0.25) is 0 Å². The molecule has 3 aromatic rings. The number of ether oxygens (including phenoxy) is 4. The fourth-order valence-corrected chi connectivity index (χ4v) is 10.3. The maximum Gasteiger partial charge on any atom is 2.00 e. The number of aryl methyl sites for hydroxylation is 3. The van der Waals surface area contributed by atoms with Gasteiger partial charge in [0.05, 0.1) is 42.7 Å². The van der Waals surface area contributed by atoms with Gasteiger partial charge in [0.2, 0.25) is 0 Å². The van der Waals surface area contributed by atoms with Crippen LogP contribution in [-0.2, 0) is 46.2 Å². The molecule has 5 rings (SSSR count). The fourth-order valence-electron chi connectivity index (χ4n) is 10.3. The Morgan fingerprint density at radius 3 is 2.07 bits per heavy atom. The summed E-state index contributed by atoms with van der Waals surface area (Å²) in [6.07, 6.45) is 15.5. The number of hydrogen-bond acceptors (Lipinski definition) is 9. The third-order valence-corrected chi connectivity index (χ3v) is 14.9. The quantitative estimate of drug-likeness (QED) is 0.0308. The molecule has 72 heavy (non-hydrogen) atoms. The number of amides is 1. The largest absolute Gasteiger partial charge is 2.00 e. The van der Waals surface area contributed by atoms with E-state index < -0.39 is 18.2 Å². The minimum absolute atomic E-state index is 0. The molecule has 13 heteroatoms. The van der Waals surface area contributed by atoms with Gasteiger partial charge in [-0.25, -0.2) is 4.98 Å². The zero-order valence-corrected chi connectivity index (χ0v) is 47.5. The number of hydrogen-bond donors (Lipinski definition) is 3. The molecule has 8 bridgehead atoms. The molecule has 0 aliphatic carbocycles. The molecule has 0 spiro atoms. The average Bonchev–Trinajstić information content (AvgIpc) is 4.02. The van der Waals surface area contributed by atoms with Crippen molar-refractivity contribution in [1.82, 2.24) is 25.3 Å². The van der Waals surface area contributed by atoms with Crippen LogP contribution in [0.5, 0.6) is 0 Å². The maximum absolute atomic E-state index is 14.5. The molecule has 12 nitrogen and oxygen atoms in total. The van der Waals surface area contributed by atoms with E-state index in [0.29, 0.717) is 46.1 Å². The molecule has 0 aromatic carbocycles. The number of carbonyl (C=O) groups is 3. The Morgan fingerprint density at radius 2 is 1.44 bits per heavy atom. The molecule has 4 unspecified atom stereocenters. The van der Waals surface area contributed by atoms with Gasteiger partial charge in [0, 0.05) is 71.4 Å². The first kappa shape index (κ1) is 60.0. The first-order valence-corrected chi connectivity index (χ1v) is 26.3. The number of H-pyrrole nitrogens is 2. The van der Waals surface area contributed by atoms with E-state index >= 15 is 0 Å². The summed E-state index contributed by atoms with van der Waals surface area (Å²) in [5.41, 5.74) is 12.6. The third kappa shape index (κ3) is 15.7. The second-order valence-electron chi connectivity index (χ2n) is 20.7. The van der Waals surface area contributed by atoms with Crippen LogP contribution in [0.1, 0.15) is 188 Å². The summed E-state index contributed by atoms with van der Waals surface area (Å²) in [6, 6.07) is 6.13. The molecule has 2 aliphatic rings. The number of aromatic nitrogens is 4. The van der Waals surface area contributed by atoms with Crippen LogP contribution in [0.4, 0.5) is 0 Å². The van der Waals surface area contributed by atoms with Crippen molar-refractivity contribution >= 4 is 80.2 Å². The molecule has 388 valence electrons. The van der Waals surface area contributed by atoms with E-state index in [-0.39, 0.29) is 66.9 Å². The van der Waals surface area contributed by atoms with E-state index in [4.69, 9.17) is 28.9 Å². The van der Waals surface area contributed by atoms with Crippen LogP contribution < -0.4 is 5.32 Å². The molecular formula is C59H85MgN5O7+2. The van der Waals surface area contributed by atoms with E-state index in [9.17, 15) is 14.4 Å². The average molecular weight is 1000 g/mol. The van der Waals surface area contributed by atoms with E-state index in [1.165, 1.54) is 71.8 Å². The number of methoxy groups -OCH3 is 3. The smallest absolute Gasteiger partial charge is 0.469 e. The van der Waals surface area contributed by atoms with Crippen LogP contribution in [-0.4, -0.2) is 102 Å². The fraction of sp³-hybridized carbons (Fsp3) is 0.576. The van der Waals surface area contributed by atoms with Gasteiger partial charge >= 0.3 is 35.0 Å². The number of allylic oxidation sites excluding steroid dienone is 2. The number of fused-ring (bicyclic) bond motifs is 8. The monoisotopic (exact) mass is 1000 g/mol. The van der Waals surface area contributed by atoms with Crippen molar-refractivity contribution in [2.75, 3.05) is 34.5 Å². The molecule has 0 saturated carbocycles. The minimum Gasteiger partial charge on any atom is -0.469 e. The second-order valence-corrected chi connectivity index (χ2v) is 20.7. The minimum atomic E-state index is -0.685. The topological polar surface area (TPSA) is 158 Å². The van der Waals surface area contributed by atoms with Crippen molar-refractivity contribution in [1.29, 1.82) is 0 Å². The Labute approximate surface area is 446 Å². The summed E-state index contributed by atoms with van der Waals surface area (Å²) in [5.74, 6) is 0.521. The predicted octanol–water partition coefficient (Wildman–Crippen LogP) is 12.7. The van der Waals surface area contributed by atoms with Crippen molar-refractivity contribution in [3.8, 4) is 0 Å². The van der Waals surface area contributed by atoms with Crippen LogP contribution >= 0.6 is 0 Å². The summed E-state index contributed by atoms with van der Waals surface area (Å²) in [6.45, 7) is 26.2. The summed E-state index contributed by atoms with van der Waals surface area (Å²) < 4.78 is 21.9. The number of aromatic amines is 2. The molecule has 4 atom stereocenters. The number of rotatable bonds is 26. The molecule has 0 saturated heterocycles. The molecule has 5 heterocycles. The molecule has 3 aromatic heterocycles. The van der Waals surface area contributed by atoms with Crippen molar-refractivity contribution in [3.05, 3.63) is 87.0 Å². The number of nitrogens with zero attached hydrogens (tertiary/aromatic N) is 2. The Bertz CT molecular complexity index is 2580. The van der Waals surface area contributed by atoms with E-state index in [1.54, 1.807) is 0 Å². The number of nitrogens with one attached hydrogen (secondary N) is 3. The molecule has 3 N–H and O–H groups in total. The zero-order chi connectivity index (χ0) is 51.9. The van der Waals surface area contributed by atoms with E-state index in [1.807, 2.05) is 31.2 Å². The summed E-state index contributed by atoms with van der Waals surface area (Å²) in [4.78, 5) is 59.5. The van der Waals surface area contributed by atoms with Crippen LogP contribution in [0.25, 0.3) is 39.3 Å². The van der Waals surface area contributed by atoms with Gasteiger partial charge in [0.25, 0.3) is 5.91 Å². The SMILES string of the molecule is C=Cc1c(C)c2cc3nc(c(CC(=O)OC)c4nc(cc5[nH]c(cc1[nH]2)c(C)c5CC)C(C)=C4C(=O)NCC(OC)OC)C(CCC(=O)OCC=C(C)CCCC(C)CCCC(C)CCCC(C)C)C3C.[Mg+2]. The molecule has 1 amide bonds. The maximum atomic E-state index is 14.5. The van der Waals surface area contributed by atoms with E-state index in [0.717, 1.165) is 81.1 Å². The Morgan fingerprint density at radius 1 is 0.806 bits per heavy atom. The third-order valence-electron chi connectivity index (χ3n) is 14.9. The van der Waals surface area contributed by atoms with Crippen molar-refractivity contribution < 1.29 is 33.3 Å². The van der Waals surface area contributed by atoms with Crippen molar-refractivity contribution in [3.63, 3.8) is 0 Å². The predicted molar refractivity (Wildman–Crippen MR) is 295 cm³/mol. The van der Waals surface area contributed by atoms with Gasteiger partial charge in [-0.15, -0.1) is 0 Å². The van der Waals surface area contributed by atoms with Gasteiger partial charge < -0.3 is 34.2 Å². The Hall–Kier alpha value is -4.56. The normalized spacial score (nSPS) is 15.7. The van der Waals surface area contributed by atoms with Gasteiger partial charge in [0.15, 0.2) is 6.29 Å². The summed E-state index contributed by atoms with van der Waals surface area (Å²) in [5, 5.41) is 2.98. The van der Waals surface area contributed by atoms with Gasteiger partial charge in [0.1, 0.15) is 6.61 Å². The van der Waals surface area contributed by atoms with Crippen LogP contribution in [0.3, 0.4) is 0 Å². The number of carbonyl (C=O) groups excluding carboxylic acids is 3. The molecule has 0 radical (unpaired) electrons. The van der Waals surface area contributed by atoms with Gasteiger partial charge in [-0.05, 0) is 118 Å². The molecule has 2 aliphatic heterocycles. The Balaban J connectivity index is 0.0000112. The van der Waals surface area contributed by atoms with E-state index in [2.05, 4.69) is 90.2 Å². The van der Waals surface area contributed by atoms with Gasteiger partial charge in [-0.2, -0.15) is 0 Å². The first-order chi connectivity index (χ1) is 33.9. The molecular weight excluding hydrogens is 915 g/mol. The zero-order valence-electron chi connectivity index (χ0n) is 46.1. The van der Waals surface area contributed by atoms with Gasteiger partial charge in [-0.1, -0.05) is 105 Å². The van der Waals surface area contributed by atoms with Crippen molar-refractivity contribution in [2.24, 2.45) is 17.8 Å². The standard InChI is InChI=1S/C59H85N5O7.Mg/c1-15-43-39(8)47-31-49-41(10)45(26-27-53(65)71-29-28-38(7)25-19-24-37(6)23-18-22-36(5)21-17-20-35(3)4)57(63-49)46(30-54(66)68-12)58-56(59(67)60-34-55(69-13)70-14)42(11)50(64-58)33-52-44(16-2)40(9)48(62-52)32-51(43)61-47;/h15,28,31-33,35-37,41,45,55,61-62H,1,16-27,29-30,34H2,2-14H3,(H,60,67);/q;+2. The summed E-state index contributed by atoms with van der Waals surface area (Å²) in [7, 11) is 4.36. The van der Waals surface area contributed by atoms with Crippen molar-refractivity contribution in [2.45, 2.75) is 171 Å². The molecule has 0 fully saturated rings. The second kappa shape index (κ2) is 28.8. The summed E-state index contributed by atoms with van der Waals surface area (Å²) >= 11 is 0.